The van der Waals surface area contributed by atoms with E-state index in [0.29, 0.717) is 0 Å². The Morgan fingerprint density at radius 2 is 1.90 bits per heavy atom. The molecule has 0 radical (unpaired) electrons. The van der Waals surface area contributed by atoms with Crippen molar-refractivity contribution in [1.29, 1.82) is 0 Å². The van der Waals surface area contributed by atoms with Gasteiger partial charge in [-0.3, -0.25) is 0 Å². The fraction of sp³-hybridized carbons (Fsp3) is 0.692. The molecule has 1 fully saturated rings. The fourth-order valence-electron chi connectivity index (χ4n) is 2.55. The Hall–Kier alpha value is -1.53. The van der Waals surface area contributed by atoms with Crippen molar-refractivity contribution in [2.24, 2.45) is 5.41 Å². The van der Waals surface area contributed by atoms with Crippen LogP contribution in [0.25, 0.3) is 0 Å². The Kier molecular flexibility index (Phi) is 3.80. The molecule has 1 aliphatic rings. The SMILES string of the molecule is CNc1cc(NC2CCCC2(C)C)nc(C(F)(F)F)n1. The molecule has 0 bridgehead atoms. The van der Waals surface area contributed by atoms with E-state index in [2.05, 4.69) is 34.4 Å². The zero-order valence-electron chi connectivity index (χ0n) is 11.8. The Morgan fingerprint density at radius 1 is 1.25 bits per heavy atom. The Balaban J connectivity index is 2.27. The van der Waals surface area contributed by atoms with E-state index in [9.17, 15) is 13.2 Å². The normalized spacial score (nSPS) is 21.8. The second kappa shape index (κ2) is 5.10. The Labute approximate surface area is 116 Å². The van der Waals surface area contributed by atoms with Crippen molar-refractivity contribution in [2.45, 2.75) is 45.3 Å². The van der Waals surface area contributed by atoms with Crippen molar-refractivity contribution >= 4 is 11.6 Å². The summed E-state index contributed by atoms with van der Waals surface area (Å²) in [4.78, 5) is 7.04. The van der Waals surface area contributed by atoms with Gasteiger partial charge >= 0.3 is 6.18 Å². The second-order valence-corrected chi connectivity index (χ2v) is 5.79. The lowest BCUT2D eigenvalue weighted by atomic mass is 9.87. The summed E-state index contributed by atoms with van der Waals surface area (Å²) in [5.41, 5.74) is 0.0587. The summed E-state index contributed by atoms with van der Waals surface area (Å²) < 4.78 is 38.3. The van der Waals surface area contributed by atoms with Crippen LogP contribution in [0.5, 0.6) is 0 Å². The molecule has 7 heteroatoms. The minimum atomic E-state index is -4.55. The first-order valence-corrected chi connectivity index (χ1v) is 6.63. The molecule has 112 valence electrons. The van der Waals surface area contributed by atoms with Crippen molar-refractivity contribution in [3.05, 3.63) is 11.9 Å². The Morgan fingerprint density at radius 3 is 2.40 bits per heavy atom. The number of alkyl halides is 3. The van der Waals surface area contributed by atoms with E-state index in [1.165, 1.54) is 13.1 Å². The topological polar surface area (TPSA) is 49.8 Å². The smallest absolute Gasteiger partial charge is 0.373 e. The van der Waals surface area contributed by atoms with Crippen LogP contribution in [0.3, 0.4) is 0 Å². The third kappa shape index (κ3) is 3.13. The van der Waals surface area contributed by atoms with Crippen LogP contribution in [-0.4, -0.2) is 23.1 Å². The third-order valence-electron chi connectivity index (χ3n) is 3.82. The lowest BCUT2D eigenvalue weighted by Crippen LogP contribution is -2.31. The highest BCUT2D eigenvalue weighted by Crippen LogP contribution is 2.39. The number of nitrogens with zero attached hydrogens (tertiary/aromatic N) is 2. The molecule has 1 atom stereocenters. The first-order chi connectivity index (χ1) is 9.22. The molecular formula is C13H19F3N4. The predicted molar refractivity (Wildman–Crippen MR) is 71.6 cm³/mol. The summed E-state index contributed by atoms with van der Waals surface area (Å²) in [7, 11) is 1.53. The molecule has 1 aliphatic carbocycles. The lowest BCUT2D eigenvalue weighted by Gasteiger charge is -2.28. The van der Waals surface area contributed by atoms with Crippen molar-refractivity contribution in [1.82, 2.24) is 9.97 Å². The number of aromatic nitrogens is 2. The fourth-order valence-corrected chi connectivity index (χ4v) is 2.55. The molecule has 0 aliphatic heterocycles. The van der Waals surface area contributed by atoms with Gasteiger partial charge in [-0.1, -0.05) is 20.3 Å². The molecule has 0 amide bonds. The number of hydrogen-bond acceptors (Lipinski definition) is 4. The van der Waals surface area contributed by atoms with Crippen LogP contribution < -0.4 is 10.6 Å². The van der Waals surface area contributed by atoms with E-state index in [-0.39, 0.29) is 23.1 Å². The maximum Gasteiger partial charge on any atom is 0.451 e. The highest BCUT2D eigenvalue weighted by molar-refractivity contribution is 5.48. The van der Waals surface area contributed by atoms with Gasteiger partial charge in [0.2, 0.25) is 5.82 Å². The summed E-state index contributed by atoms with van der Waals surface area (Å²) in [6.45, 7) is 4.23. The lowest BCUT2D eigenvalue weighted by molar-refractivity contribution is -0.144. The molecule has 20 heavy (non-hydrogen) atoms. The monoisotopic (exact) mass is 288 g/mol. The predicted octanol–water partition coefficient (Wildman–Crippen LogP) is 3.53. The van der Waals surface area contributed by atoms with Gasteiger partial charge in [0.05, 0.1) is 0 Å². The zero-order valence-corrected chi connectivity index (χ0v) is 11.8. The van der Waals surface area contributed by atoms with Gasteiger partial charge in [-0.05, 0) is 18.3 Å². The van der Waals surface area contributed by atoms with Gasteiger partial charge in [-0.15, -0.1) is 0 Å². The second-order valence-electron chi connectivity index (χ2n) is 5.79. The minimum Gasteiger partial charge on any atom is -0.373 e. The molecule has 1 unspecified atom stereocenters. The van der Waals surface area contributed by atoms with Gasteiger partial charge in [0.1, 0.15) is 11.6 Å². The van der Waals surface area contributed by atoms with Crippen LogP contribution in [-0.2, 0) is 6.18 Å². The van der Waals surface area contributed by atoms with Crippen LogP contribution in [0.1, 0.15) is 38.9 Å². The van der Waals surface area contributed by atoms with Crippen molar-refractivity contribution in [3.63, 3.8) is 0 Å². The number of anilines is 2. The van der Waals surface area contributed by atoms with E-state index >= 15 is 0 Å². The van der Waals surface area contributed by atoms with Crippen LogP contribution in [0.2, 0.25) is 0 Å². The number of hydrogen-bond donors (Lipinski definition) is 2. The molecule has 1 saturated carbocycles. The molecule has 0 spiro atoms. The van der Waals surface area contributed by atoms with Crippen molar-refractivity contribution in [3.8, 4) is 0 Å². The van der Waals surface area contributed by atoms with Crippen LogP contribution >= 0.6 is 0 Å². The Bertz CT molecular complexity index is 485. The summed E-state index contributed by atoms with van der Waals surface area (Å²) in [5, 5.41) is 5.76. The first kappa shape index (κ1) is 14.9. The third-order valence-corrected chi connectivity index (χ3v) is 3.82. The van der Waals surface area contributed by atoms with Gasteiger partial charge < -0.3 is 10.6 Å². The van der Waals surface area contributed by atoms with Crippen LogP contribution in [0.15, 0.2) is 6.07 Å². The molecule has 4 nitrogen and oxygen atoms in total. The van der Waals surface area contributed by atoms with Crippen LogP contribution in [0.4, 0.5) is 24.8 Å². The quantitative estimate of drug-likeness (QED) is 0.893. The molecule has 1 heterocycles. The van der Waals surface area contributed by atoms with Crippen LogP contribution in [0, 0.1) is 5.41 Å². The molecule has 1 aromatic heterocycles. The summed E-state index contributed by atoms with van der Waals surface area (Å²) in [6, 6.07) is 1.63. The maximum absolute atomic E-state index is 12.8. The summed E-state index contributed by atoms with van der Waals surface area (Å²) >= 11 is 0. The molecule has 2 rings (SSSR count). The number of halogens is 3. The minimum absolute atomic E-state index is 0.0587. The molecular weight excluding hydrogens is 269 g/mol. The van der Waals surface area contributed by atoms with Gasteiger partial charge in [-0.2, -0.15) is 13.2 Å². The van der Waals surface area contributed by atoms with E-state index in [0.717, 1.165) is 19.3 Å². The van der Waals surface area contributed by atoms with E-state index in [1.54, 1.807) is 0 Å². The van der Waals surface area contributed by atoms with E-state index in [1.807, 2.05) is 0 Å². The van der Waals surface area contributed by atoms with Gasteiger partial charge in [0.25, 0.3) is 0 Å². The highest BCUT2D eigenvalue weighted by atomic mass is 19.4. The van der Waals surface area contributed by atoms with Gasteiger partial charge in [-0.25, -0.2) is 9.97 Å². The van der Waals surface area contributed by atoms with Gasteiger partial charge in [0.15, 0.2) is 0 Å². The molecule has 0 aromatic carbocycles. The maximum atomic E-state index is 12.8. The molecule has 2 N–H and O–H groups in total. The summed E-state index contributed by atoms with van der Waals surface area (Å²) in [6.07, 6.45) is -1.48. The summed E-state index contributed by atoms with van der Waals surface area (Å²) in [5.74, 6) is -0.745. The number of rotatable bonds is 3. The zero-order chi connectivity index (χ0) is 15.0. The highest BCUT2D eigenvalue weighted by Gasteiger charge is 2.37. The average Bonchev–Trinajstić information content (AvgIpc) is 2.67. The standard InChI is InChI=1S/C13H19F3N4/c1-12(2)6-4-5-8(12)18-10-7-9(17-3)19-11(20-10)13(14,15)16/h7-8H,4-6H2,1-3H3,(H2,17,18,19,20). The average molecular weight is 288 g/mol. The largest absolute Gasteiger partial charge is 0.451 e. The van der Waals surface area contributed by atoms with Crippen molar-refractivity contribution < 1.29 is 13.2 Å². The van der Waals surface area contributed by atoms with Gasteiger partial charge in [0, 0.05) is 19.2 Å². The van der Waals surface area contributed by atoms with Crippen molar-refractivity contribution in [2.75, 3.05) is 17.7 Å². The van der Waals surface area contributed by atoms with E-state index < -0.39 is 12.0 Å². The molecule has 0 saturated heterocycles. The van der Waals surface area contributed by atoms with E-state index in [4.69, 9.17) is 0 Å². The molecule has 1 aromatic rings. The number of nitrogens with one attached hydrogen (secondary N) is 2. The first-order valence-electron chi connectivity index (χ1n) is 6.63.